The standard InChI is InChI=1S/C12H26N2O2/c1-10(4-3-6-15)14-12(9-13)5-7-16-11(2)8-12/h10-11,14-15H,3-9,13H2,1-2H3. The van der Waals surface area contributed by atoms with Crippen LogP contribution in [-0.2, 0) is 4.74 Å². The number of nitrogens with one attached hydrogen (secondary N) is 1. The molecule has 96 valence electrons. The molecule has 4 heteroatoms. The van der Waals surface area contributed by atoms with Crippen LogP contribution in [0.3, 0.4) is 0 Å². The molecule has 0 aromatic carbocycles. The van der Waals surface area contributed by atoms with Crippen LogP contribution in [0.4, 0.5) is 0 Å². The first-order chi connectivity index (χ1) is 7.62. The maximum atomic E-state index is 8.81. The topological polar surface area (TPSA) is 67.5 Å². The number of rotatable bonds is 6. The minimum absolute atomic E-state index is 0.0343. The summed E-state index contributed by atoms with van der Waals surface area (Å²) in [4.78, 5) is 0. The van der Waals surface area contributed by atoms with Crippen LogP contribution in [0.25, 0.3) is 0 Å². The third kappa shape index (κ3) is 4.01. The van der Waals surface area contributed by atoms with Crippen molar-refractivity contribution < 1.29 is 9.84 Å². The van der Waals surface area contributed by atoms with Crippen molar-refractivity contribution in [2.75, 3.05) is 19.8 Å². The van der Waals surface area contributed by atoms with Gasteiger partial charge in [-0.2, -0.15) is 0 Å². The molecule has 1 heterocycles. The highest BCUT2D eigenvalue weighted by atomic mass is 16.5. The van der Waals surface area contributed by atoms with Crippen molar-refractivity contribution in [2.24, 2.45) is 5.73 Å². The smallest absolute Gasteiger partial charge is 0.0565 e. The van der Waals surface area contributed by atoms with Crippen molar-refractivity contribution in [1.29, 1.82) is 0 Å². The molecule has 0 aromatic rings. The van der Waals surface area contributed by atoms with E-state index in [2.05, 4.69) is 19.2 Å². The summed E-state index contributed by atoms with van der Waals surface area (Å²) in [7, 11) is 0. The lowest BCUT2D eigenvalue weighted by Crippen LogP contribution is -2.58. The van der Waals surface area contributed by atoms with Crippen LogP contribution >= 0.6 is 0 Å². The van der Waals surface area contributed by atoms with Gasteiger partial charge in [0.25, 0.3) is 0 Å². The van der Waals surface area contributed by atoms with Gasteiger partial charge in [0.1, 0.15) is 0 Å². The zero-order valence-corrected chi connectivity index (χ0v) is 10.5. The zero-order chi connectivity index (χ0) is 12.0. The molecule has 0 radical (unpaired) electrons. The van der Waals surface area contributed by atoms with Gasteiger partial charge < -0.3 is 20.9 Å². The summed E-state index contributed by atoms with van der Waals surface area (Å²) in [6, 6.07) is 0.404. The predicted octanol–water partition coefficient (Wildman–Crippen LogP) is 0.633. The predicted molar refractivity (Wildman–Crippen MR) is 65.4 cm³/mol. The zero-order valence-electron chi connectivity index (χ0n) is 10.5. The molecule has 1 rings (SSSR count). The fourth-order valence-electron chi connectivity index (χ4n) is 2.53. The molecular formula is C12H26N2O2. The summed E-state index contributed by atoms with van der Waals surface area (Å²) in [6.45, 7) is 5.97. The van der Waals surface area contributed by atoms with E-state index in [1.165, 1.54) is 0 Å². The largest absolute Gasteiger partial charge is 0.396 e. The second kappa shape index (κ2) is 6.55. The minimum Gasteiger partial charge on any atom is -0.396 e. The Morgan fingerprint density at radius 3 is 2.94 bits per heavy atom. The number of hydrogen-bond acceptors (Lipinski definition) is 4. The van der Waals surface area contributed by atoms with E-state index in [9.17, 15) is 0 Å². The second-order valence-corrected chi connectivity index (χ2v) is 5.03. The van der Waals surface area contributed by atoms with E-state index in [0.29, 0.717) is 12.6 Å². The average molecular weight is 230 g/mol. The van der Waals surface area contributed by atoms with Crippen molar-refractivity contribution in [3.05, 3.63) is 0 Å². The third-order valence-electron chi connectivity index (χ3n) is 3.40. The van der Waals surface area contributed by atoms with Gasteiger partial charge in [-0.25, -0.2) is 0 Å². The van der Waals surface area contributed by atoms with Crippen LogP contribution in [0.15, 0.2) is 0 Å². The van der Waals surface area contributed by atoms with Crippen LogP contribution in [0, 0.1) is 0 Å². The lowest BCUT2D eigenvalue weighted by atomic mass is 9.86. The molecule has 0 spiro atoms. The van der Waals surface area contributed by atoms with E-state index in [1.807, 2.05) is 0 Å². The van der Waals surface area contributed by atoms with Gasteiger partial charge in [-0.1, -0.05) is 0 Å². The molecule has 0 saturated carbocycles. The molecule has 1 aliphatic rings. The lowest BCUT2D eigenvalue weighted by Gasteiger charge is -2.42. The monoisotopic (exact) mass is 230 g/mol. The molecule has 16 heavy (non-hydrogen) atoms. The molecular weight excluding hydrogens is 204 g/mol. The molecule has 0 amide bonds. The number of aliphatic hydroxyl groups is 1. The molecule has 0 aromatic heterocycles. The minimum atomic E-state index is 0.0343. The lowest BCUT2D eigenvalue weighted by molar-refractivity contribution is -0.0193. The summed E-state index contributed by atoms with van der Waals surface area (Å²) < 4.78 is 5.56. The SMILES string of the molecule is CC(CCCO)NC1(CN)CCOC(C)C1. The van der Waals surface area contributed by atoms with Gasteiger partial charge in [0.2, 0.25) is 0 Å². The fourth-order valence-corrected chi connectivity index (χ4v) is 2.53. The van der Waals surface area contributed by atoms with Crippen molar-refractivity contribution in [3.8, 4) is 0 Å². The summed E-state index contributed by atoms with van der Waals surface area (Å²) >= 11 is 0. The van der Waals surface area contributed by atoms with Gasteiger partial charge in [-0.15, -0.1) is 0 Å². The molecule has 1 aliphatic heterocycles. The highest BCUT2D eigenvalue weighted by Crippen LogP contribution is 2.24. The van der Waals surface area contributed by atoms with Gasteiger partial charge in [0.15, 0.2) is 0 Å². The van der Waals surface area contributed by atoms with E-state index >= 15 is 0 Å². The normalized spacial score (nSPS) is 32.6. The van der Waals surface area contributed by atoms with Crippen LogP contribution in [0.5, 0.6) is 0 Å². The third-order valence-corrected chi connectivity index (χ3v) is 3.40. The first-order valence-electron chi connectivity index (χ1n) is 6.32. The van der Waals surface area contributed by atoms with Gasteiger partial charge in [0.05, 0.1) is 6.10 Å². The molecule has 3 unspecified atom stereocenters. The van der Waals surface area contributed by atoms with Gasteiger partial charge >= 0.3 is 0 Å². The highest BCUT2D eigenvalue weighted by molar-refractivity contribution is 4.94. The summed E-state index contributed by atoms with van der Waals surface area (Å²) in [5.74, 6) is 0. The first kappa shape index (κ1) is 13.9. The molecule has 0 bridgehead atoms. The van der Waals surface area contributed by atoms with Gasteiger partial charge in [-0.05, 0) is 39.5 Å². The summed E-state index contributed by atoms with van der Waals surface area (Å²) in [5.41, 5.74) is 5.94. The molecule has 0 aliphatic carbocycles. The Labute approximate surface area is 98.5 Å². The van der Waals surface area contributed by atoms with Crippen molar-refractivity contribution in [1.82, 2.24) is 5.32 Å². The van der Waals surface area contributed by atoms with E-state index < -0.39 is 0 Å². The summed E-state index contributed by atoms with van der Waals surface area (Å²) in [5, 5.41) is 12.4. The Morgan fingerprint density at radius 2 is 2.38 bits per heavy atom. The van der Waals surface area contributed by atoms with E-state index in [0.717, 1.165) is 32.3 Å². The Balaban J connectivity index is 2.45. The maximum absolute atomic E-state index is 8.81. The number of ether oxygens (including phenoxy) is 1. The molecule has 3 atom stereocenters. The van der Waals surface area contributed by atoms with Gasteiger partial charge in [0, 0.05) is 31.3 Å². The van der Waals surface area contributed by atoms with E-state index in [4.69, 9.17) is 15.6 Å². The number of aliphatic hydroxyl groups excluding tert-OH is 1. The Hall–Kier alpha value is -0.160. The van der Waals surface area contributed by atoms with Crippen LogP contribution < -0.4 is 11.1 Å². The fraction of sp³-hybridized carbons (Fsp3) is 1.00. The molecule has 1 fully saturated rings. The number of hydrogen-bond donors (Lipinski definition) is 3. The van der Waals surface area contributed by atoms with E-state index in [-0.39, 0.29) is 18.2 Å². The second-order valence-electron chi connectivity index (χ2n) is 5.03. The number of nitrogens with two attached hydrogens (primary N) is 1. The van der Waals surface area contributed by atoms with Crippen molar-refractivity contribution in [2.45, 2.75) is 57.2 Å². The van der Waals surface area contributed by atoms with Crippen LogP contribution in [-0.4, -0.2) is 42.5 Å². The van der Waals surface area contributed by atoms with E-state index in [1.54, 1.807) is 0 Å². The molecule has 4 nitrogen and oxygen atoms in total. The highest BCUT2D eigenvalue weighted by Gasteiger charge is 2.34. The van der Waals surface area contributed by atoms with Crippen molar-refractivity contribution in [3.63, 3.8) is 0 Å². The first-order valence-corrected chi connectivity index (χ1v) is 6.32. The van der Waals surface area contributed by atoms with Crippen LogP contribution in [0.1, 0.15) is 39.5 Å². The Bertz CT molecular complexity index is 201. The van der Waals surface area contributed by atoms with Gasteiger partial charge in [-0.3, -0.25) is 0 Å². The van der Waals surface area contributed by atoms with Crippen LogP contribution in [0.2, 0.25) is 0 Å². The molecule has 1 saturated heterocycles. The maximum Gasteiger partial charge on any atom is 0.0565 e. The molecule has 4 N–H and O–H groups in total. The summed E-state index contributed by atoms with van der Waals surface area (Å²) in [6.07, 6.45) is 4.09. The quantitative estimate of drug-likeness (QED) is 0.626. The Morgan fingerprint density at radius 1 is 1.62 bits per heavy atom. The Kier molecular flexibility index (Phi) is 5.69. The average Bonchev–Trinajstić information content (AvgIpc) is 2.26. The van der Waals surface area contributed by atoms with Crippen molar-refractivity contribution >= 4 is 0 Å².